The van der Waals surface area contributed by atoms with E-state index in [0.29, 0.717) is 0 Å². The highest BCUT2D eigenvalue weighted by Crippen LogP contribution is 2.25. The average Bonchev–Trinajstić information content (AvgIpc) is 2.36. The number of hydrogen-bond acceptors (Lipinski definition) is 5. The van der Waals surface area contributed by atoms with Gasteiger partial charge in [-0.1, -0.05) is 12.1 Å². The average molecular weight is 268 g/mol. The quantitative estimate of drug-likeness (QED) is 0.551. The molecule has 102 valence electrons. The number of amides is 1. The number of nitro benzene ring substituents is 1. The molecule has 2 N–H and O–H groups in total. The van der Waals surface area contributed by atoms with E-state index in [4.69, 9.17) is 9.84 Å². The van der Waals surface area contributed by atoms with Crippen LogP contribution in [0.4, 0.5) is 5.69 Å². The standard InChI is InChI=1S/C11H12N2O6/c14-10(12-7-11(15)16)5-6-19-9-4-2-1-3-8(9)13(17)18/h1-4H,5-7H2,(H,12,14)(H,15,16). The molecule has 0 heterocycles. The van der Waals surface area contributed by atoms with Crippen molar-refractivity contribution in [1.29, 1.82) is 0 Å². The normalized spacial score (nSPS) is 9.68. The van der Waals surface area contributed by atoms with Crippen molar-refractivity contribution in [3.05, 3.63) is 34.4 Å². The number of benzene rings is 1. The predicted molar refractivity (Wildman–Crippen MR) is 63.9 cm³/mol. The Bertz CT molecular complexity index is 488. The molecule has 0 unspecified atom stereocenters. The van der Waals surface area contributed by atoms with Crippen LogP contribution in [-0.2, 0) is 9.59 Å². The highest BCUT2D eigenvalue weighted by atomic mass is 16.6. The van der Waals surface area contributed by atoms with Gasteiger partial charge in [0.25, 0.3) is 0 Å². The maximum Gasteiger partial charge on any atom is 0.322 e. The number of nitrogens with one attached hydrogen (secondary N) is 1. The lowest BCUT2D eigenvalue weighted by molar-refractivity contribution is -0.385. The van der Waals surface area contributed by atoms with Gasteiger partial charge in [0.15, 0.2) is 5.75 Å². The fourth-order valence-corrected chi connectivity index (χ4v) is 1.25. The van der Waals surface area contributed by atoms with Gasteiger partial charge in [-0.2, -0.15) is 0 Å². The van der Waals surface area contributed by atoms with Crippen LogP contribution < -0.4 is 10.1 Å². The molecule has 0 radical (unpaired) electrons. The lowest BCUT2D eigenvalue weighted by Crippen LogP contribution is -2.30. The monoisotopic (exact) mass is 268 g/mol. The Morgan fingerprint density at radius 2 is 2.05 bits per heavy atom. The Balaban J connectivity index is 2.43. The fraction of sp³-hybridized carbons (Fsp3) is 0.273. The first kappa shape index (κ1) is 14.4. The second-order valence-electron chi connectivity index (χ2n) is 3.49. The molecule has 0 aromatic heterocycles. The number of carbonyl (C=O) groups is 2. The summed E-state index contributed by atoms with van der Waals surface area (Å²) in [5, 5.41) is 21.2. The van der Waals surface area contributed by atoms with E-state index in [2.05, 4.69) is 5.32 Å². The van der Waals surface area contributed by atoms with Gasteiger partial charge in [0.05, 0.1) is 18.0 Å². The molecule has 8 heteroatoms. The Labute approximate surface area is 108 Å². The van der Waals surface area contributed by atoms with Crippen molar-refractivity contribution in [2.24, 2.45) is 0 Å². The molecule has 0 spiro atoms. The highest BCUT2D eigenvalue weighted by Gasteiger charge is 2.13. The fourth-order valence-electron chi connectivity index (χ4n) is 1.25. The van der Waals surface area contributed by atoms with Crippen LogP contribution in [0, 0.1) is 10.1 Å². The molecule has 0 aliphatic rings. The predicted octanol–water partition coefficient (Wildman–Crippen LogP) is 0.564. The molecule has 0 saturated heterocycles. The lowest BCUT2D eigenvalue weighted by atomic mass is 10.3. The van der Waals surface area contributed by atoms with Crippen LogP contribution in [0.1, 0.15) is 6.42 Å². The number of hydrogen-bond donors (Lipinski definition) is 2. The molecule has 0 bridgehead atoms. The van der Waals surface area contributed by atoms with Crippen molar-refractivity contribution in [3.8, 4) is 5.75 Å². The largest absolute Gasteiger partial charge is 0.486 e. The van der Waals surface area contributed by atoms with Gasteiger partial charge in [-0.3, -0.25) is 19.7 Å². The molecule has 0 saturated carbocycles. The third-order valence-electron chi connectivity index (χ3n) is 2.09. The molecule has 8 nitrogen and oxygen atoms in total. The zero-order chi connectivity index (χ0) is 14.3. The Morgan fingerprint density at radius 1 is 1.37 bits per heavy atom. The van der Waals surface area contributed by atoms with Gasteiger partial charge in [-0.25, -0.2) is 0 Å². The van der Waals surface area contributed by atoms with Crippen LogP contribution in [0.25, 0.3) is 0 Å². The van der Waals surface area contributed by atoms with Crippen LogP contribution in [0.3, 0.4) is 0 Å². The molecule has 1 amide bonds. The minimum atomic E-state index is -1.15. The Hall–Kier alpha value is -2.64. The number of rotatable bonds is 7. The van der Waals surface area contributed by atoms with Gasteiger partial charge in [0, 0.05) is 6.07 Å². The van der Waals surface area contributed by atoms with E-state index in [-0.39, 0.29) is 24.5 Å². The SMILES string of the molecule is O=C(O)CNC(=O)CCOc1ccccc1[N+](=O)[O-]. The summed E-state index contributed by atoms with van der Waals surface area (Å²) in [6.45, 7) is -0.541. The molecule has 0 aliphatic heterocycles. The molecule has 1 rings (SSSR count). The third kappa shape index (κ3) is 5.02. The second-order valence-corrected chi connectivity index (χ2v) is 3.49. The second kappa shape index (κ2) is 6.94. The van der Waals surface area contributed by atoms with Gasteiger partial charge in [-0.15, -0.1) is 0 Å². The van der Waals surface area contributed by atoms with Crippen molar-refractivity contribution in [3.63, 3.8) is 0 Å². The molecule has 19 heavy (non-hydrogen) atoms. The van der Waals surface area contributed by atoms with E-state index < -0.39 is 23.3 Å². The van der Waals surface area contributed by atoms with E-state index in [1.54, 1.807) is 6.07 Å². The van der Waals surface area contributed by atoms with Gasteiger partial charge in [-0.05, 0) is 6.07 Å². The maximum atomic E-state index is 11.2. The van der Waals surface area contributed by atoms with Crippen LogP contribution in [-0.4, -0.2) is 35.1 Å². The number of carbonyl (C=O) groups excluding carboxylic acids is 1. The maximum absolute atomic E-state index is 11.2. The molecule has 0 aliphatic carbocycles. The lowest BCUT2D eigenvalue weighted by Gasteiger charge is -2.06. The summed E-state index contributed by atoms with van der Waals surface area (Å²) in [4.78, 5) is 31.5. The first-order valence-corrected chi connectivity index (χ1v) is 5.35. The molecular formula is C11H12N2O6. The van der Waals surface area contributed by atoms with Gasteiger partial charge < -0.3 is 15.2 Å². The molecule has 0 atom stereocenters. The summed E-state index contributed by atoms with van der Waals surface area (Å²) in [5.41, 5.74) is -0.187. The number of ether oxygens (including phenoxy) is 1. The first-order chi connectivity index (χ1) is 9.00. The molecular weight excluding hydrogens is 256 g/mol. The van der Waals surface area contributed by atoms with Crippen molar-refractivity contribution in [1.82, 2.24) is 5.32 Å². The molecule has 0 fully saturated rings. The molecule has 1 aromatic rings. The molecule has 1 aromatic carbocycles. The summed E-state index contributed by atoms with van der Waals surface area (Å²) in [6, 6.07) is 5.80. The summed E-state index contributed by atoms with van der Waals surface area (Å²) in [7, 11) is 0. The van der Waals surface area contributed by atoms with Gasteiger partial charge >= 0.3 is 11.7 Å². The minimum Gasteiger partial charge on any atom is -0.486 e. The number of nitro groups is 1. The van der Waals surface area contributed by atoms with E-state index in [1.807, 2.05) is 0 Å². The summed E-state index contributed by atoms with van der Waals surface area (Å²) in [6.07, 6.45) is -0.0840. The van der Waals surface area contributed by atoms with Gasteiger partial charge in [0.1, 0.15) is 6.54 Å². The van der Waals surface area contributed by atoms with Crippen molar-refractivity contribution in [2.75, 3.05) is 13.2 Å². The zero-order valence-electron chi connectivity index (χ0n) is 9.87. The van der Waals surface area contributed by atoms with E-state index in [9.17, 15) is 19.7 Å². The number of para-hydroxylation sites is 2. The minimum absolute atomic E-state index is 0.0681. The van der Waals surface area contributed by atoms with E-state index in [1.165, 1.54) is 18.2 Å². The van der Waals surface area contributed by atoms with Crippen LogP contribution >= 0.6 is 0 Å². The number of carboxylic acids is 1. The van der Waals surface area contributed by atoms with Crippen molar-refractivity contribution in [2.45, 2.75) is 6.42 Å². The van der Waals surface area contributed by atoms with Crippen molar-refractivity contribution >= 4 is 17.6 Å². The van der Waals surface area contributed by atoms with Crippen LogP contribution in [0.2, 0.25) is 0 Å². The summed E-state index contributed by atoms with van der Waals surface area (Å²) >= 11 is 0. The van der Waals surface area contributed by atoms with E-state index in [0.717, 1.165) is 0 Å². The summed E-state index contributed by atoms with van der Waals surface area (Å²) in [5.74, 6) is -1.58. The van der Waals surface area contributed by atoms with Crippen molar-refractivity contribution < 1.29 is 24.4 Å². The van der Waals surface area contributed by atoms with Crippen LogP contribution in [0.5, 0.6) is 5.75 Å². The summed E-state index contributed by atoms with van der Waals surface area (Å²) < 4.78 is 5.13. The number of aliphatic carboxylic acids is 1. The number of carboxylic acid groups (broad SMARTS) is 1. The highest BCUT2D eigenvalue weighted by molar-refractivity contribution is 5.81. The smallest absolute Gasteiger partial charge is 0.322 e. The van der Waals surface area contributed by atoms with Gasteiger partial charge in [0.2, 0.25) is 5.91 Å². The third-order valence-corrected chi connectivity index (χ3v) is 2.09. The Morgan fingerprint density at radius 3 is 2.68 bits per heavy atom. The first-order valence-electron chi connectivity index (χ1n) is 5.35. The zero-order valence-corrected chi connectivity index (χ0v) is 9.87. The topological polar surface area (TPSA) is 119 Å². The van der Waals surface area contributed by atoms with Crippen LogP contribution in [0.15, 0.2) is 24.3 Å². The number of nitrogens with zero attached hydrogens (tertiary/aromatic N) is 1. The van der Waals surface area contributed by atoms with E-state index >= 15 is 0 Å². The Kier molecular flexibility index (Phi) is 5.27.